The number of fused-ring (bicyclic) bond motifs is 1. The van der Waals surface area contributed by atoms with Gasteiger partial charge in [-0.05, 0) is 18.2 Å². The first-order valence-corrected chi connectivity index (χ1v) is 10.5. The molecule has 4 N–H and O–H groups in total. The van der Waals surface area contributed by atoms with Crippen molar-refractivity contribution in [3.63, 3.8) is 0 Å². The summed E-state index contributed by atoms with van der Waals surface area (Å²) in [5.41, 5.74) is 1.84. The van der Waals surface area contributed by atoms with Crippen LogP contribution in [0.5, 0.6) is 0 Å². The summed E-state index contributed by atoms with van der Waals surface area (Å²) in [6.07, 6.45) is 4.69. The summed E-state index contributed by atoms with van der Waals surface area (Å²) in [6.45, 7) is 2.31. The number of carboxylic acid groups (broad SMARTS) is 2. The summed E-state index contributed by atoms with van der Waals surface area (Å²) in [7, 11) is 0. The van der Waals surface area contributed by atoms with Crippen LogP contribution in [0.25, 0.3) is 10.9 Å². The summed E-state index contributed by atoms with van der Waals surface area (Å²) >= 11 is 0. The van der Waals surface area contributed by atoms with Crippen LogP contribution in [0.1, 0.15) is 24.4 Å². The van der Waals surface area contributed by atoms with Gasteiger partial charge in [0.05, 0.1) is 6.42 Å². The zero-order valence-electron chi connectivity index (χ0n) is 17.8. The number of nitrogens with one attached hydrogen (secondary N) is 2. The molecule has 3 aromatic rings. The van der Waals surface area contributed by atoms with Crippen LogP contribution < -0.4 is 10.2 Å². The highest BCUT2D eigenvalue weighted by Crippen LogP contribution is 2.31. The minimum Gasteiger partial charge on any atom is -0.481 e. The van der Waals surface area contributed by atoms with Gasteiger partial charge in [0.2, 0.25) is 11.9 Å². The standard InChI is InChI=1S/C22H24N6O5/c29-18(4-5-19(30)31)26-14-2-3-15-16(13-25-17(15)12-14)20(21(32)33)27-8-10-28(11-9-27)22-23-6-1-7-24-22/h1-3,6-7,12-13,20,25H,4-5,8-11H2,(H,26,29)(H,30,31)(H,32,33)/t20-/m1/s1. The fraction of sp³-hybridized carbons (Fsp3) is 0.318. The Morgan fingerprint density at radius 3 is 2.45 bits per heavy atom. The highest BCUT2D eigenvalue weighted by molar-refractivity contribution is 5.96. The number of carboxylic acids is 2. The summed E-state index contributed by atoms with van der Waals surface area (Å²) < 4.78 is 0. The number of nitrogens with zero attached hydrogens (tertiary/aromatic N) is 4. The molecule has 4 rings (SSSR count). The van der Waals surface area contributed by atoms with E-state index >= 15 is 0 Å². The Bertz CT molecular complexity index is 1160. The van der Waals surface area contributed by atoms with Gasteiger partial charge in [-0.1, -0.05) is 6.07 Å². The number of aromatic amines is 1. The molecule has 3 heterocycles. The van der Waals surface area contributed by atoms with Gasteiger partial charge in [-0.3, -0.25) is 19.3 Å². The number of hydrogen-bond donors (Lipinski definition) is 4. The quantitative estimate of drug-likeness (QED) is 0.400. The van der Waals surface area contributed by atoms with E-state index in [0.29, 0.717) is 48.9 Å². The summed E-state index contributed by atoms with van der Waals surface area (Å²) in [6, 6.07) is 6.08. The first-order chi connectivity index (χ1) is 15.9. The molecule has 1 aliphatic rings. The average molecular weight is 452 g/mol. The van der Waals surface area contributed by atoms with Crippen molar-refractivity contribution in [2.24, 2.45) is 0 Å². The van der Waals surface area contributed by atoms with Crippen molar-refractivity contribution >= 4 is 40.4 Å². The molecule has 2 aromatic heterocycles. The maximum absolute atomic E-state index is 12.2. The van der Waals surface area contributed by atoms with E-state index in [0.717, 1.165) is 5.39 Å². The molecule has 1 aromatic carbocycles. The van der Waals surface area contributed by atoms with E-state index in [9.17, 15) is 19.5 Å². The van der Waals surface area contributed by atoms with E-state index in [-0.39, 0.29) is 12.8 Å². The lowest BCUT2D eigenvalue weighted by Gasteiger charge is -2.37. The predicted molar refractivity (Wildman–Crippen MR) is 120 cm³/mol. The number of piperazine rings is 1. The van der Waals surface area contributed by atoms with E-state index in [1.807, 2.05) is 9.80 Å². The third-order valence-corrected chi connectivity index (χ3v) is 5.61. The molecule has 0 radical (unpaired) electrons. The Kier molecular flexibility index (Phi) is 6.50. The summed E-state index contributed by atoms with van der Waals surface area (Å²) in [4.78, 5) is 50.3. The van der Waals surface area contributed by atoms with E-state index in [2.05, 4.69) is 20.3 Å². The van der Waals surface area contributed by atoms with Gasteiger partial charge >= 0.3 is 11.9 Å². The monoisotopic (exact) mass is 452 g/mol. The molecule has 11 heteroatoms. The summed E-state index contributed by atoms with van der Waals surface area (Å²) in [5.74, 6) is -1.74. The van der Waals surface area contributed by atoms with Crippen LogP contribution in [0.2, 0.25) is 0 Å². The Labute approximate surface area is 189 Å². The number of H-pyrrole nitrogens is 1. The topological polar surface area (TPSA) is 152 Å². The number of anilines is 2. The van der Waals surface area contributed by atoms with Crippen LogP contribution in [0.3, 0.4) is 0 Å². The molecule has 0 spiro atoms. The van der Waals surface area contributed by atoms with Gasteiger partial charge in [0.25, 0.3) is 0 Å². The van der Waals surface area contributed by atoms with Gasteiger partial charge in [-0.15, -0.1) is 0 Å². The second-order valence-electron chi connectivity index (χ2n) is 7.76. The highest BCUT2D eigenvalue weighted by Gasteiger charge is 2.32. The van der Waals surface area contributed by atoms with Crippen LogP contribution in [-0.2, 0) is 14.4 Å². The van der Waals surface area contributed by atoms with E-state index in [1.165, 1.54) is 0 Å². The lowest BCUT2D eigenvalue weighted by Crippen LogP contribution is -2.49. The molecule has 172 valence electrons. The third-order valence-electron chi connectivity index (χ3n) is 5.61. The fourth-order valence-electron chi connectivity index (χ4n) is 4.02. The molecule has 0 aliphatic carbocycles. The maximum atomic E-state index is 12.2. The van der Waals surface area contributed by atoms with E-state index in [4.69, 9.17) is 5.11 Å². The van der Waals surface area contributed by atoms with Gasteiger partial charge < -0.3 is 25.4 Å². The largest absolute Gasteiger partial charge is 0.481 e. The van der Waals surface area contributed by atoms with Crippen molar-refractivity contribution in [1.29, 1.82) is 0 Å². The molecule has 33 heavy (non-hydrogen) atoms. The summed E-state index contributed by atoms with van der Waals surface area (Å²) in [5, 5.41) is 22.1. The number of carbonyl (C=O) groups is 3. The molecule has 1 aliphatic heterocycles. The number of aliphatic carboxylic acids is 2. The minimum absolute atomic E-state index is 0.121. The third kappa shape index (κ3) is 5.09. The number of aromatic nitrogens is 3. The number of rotatable bonds is 8. The smallest absolute Gasteiger partial charge is 0.325 e. The number of hydrogen-bond acceptors (Lipinski definition) is 7. The Hall–Kier alpha value is -3.99. The zero-order valence-corrected chi connectivity index (χ0v) is 17.8. The Balaban J connectivity index is 1.48. The van der Waals surface area contributed by atoms with E-state index in [1.54, 1.807) is 42.9 Å². The van der Waals surface area contributed by atoms with Crippen LogP contribution in [0, 0.1) is 0 Å². The molecule has 0 unspecified atom stereocenters. The number of amides is 1. The molecule has 0 saturated carbocycles. The molecule has 1 atom stereocenters. The molecular formula is C22H24N6O5. The van der Waals surface area contributed by atoms with Gasteiger partial charge in [0.1, 0.15) is 6.04 Å². The van der Waals surface area contributed by atoms with Gasteiger partial charge in [0, 0.05) is 73.3 Å². The fourth-order valence-corrected chi connectivity index (χ4v) is 4.02. The van der Waals surface area contributed by atoms with Gasteiger partial charge in [-0.2, -0.15) is 0 Å². The number of benzene rings is 1. The predicted octanol–water partition coefficient (Wildman–Crippen LogP) is 1.71. The average Bonchev–Trinajstić information content (AvgIpc) is 3.21. The minimum atomic E-state index is -1.04. The molecule has 1 saturated heterocycles. The molecule has 11 nitrogen and oxygen atoms in total. The van der Waals surface area contributed by atoms with Crippen molar-refractivity contribution in [1.82, 2.24) is 19.9 Å². The maximum Gasteiger partial charge on any atom is 0.325 e. The van der Waals surface area contributed by atoms with Crippen LogP contribution in [-0.4, -0.2) is 74.1 Å². The second-order valence-corrected chi connectivity index (χ2v) is 7.76. The van der Waals surface area contributed by atoms with Crippen molar-refractivity contribution in [3.8, 4) is 0 Å². The SMILES string of the molecule is O=C(O)CCC(=O)Nc1ccc2c([C@H](C(=O)O)N3CCN(c4ncccn4)CC3)c[nH]c2c1. The van der Waals surface area contributed by atoms with Crippen molar-refractivity contribution in [2.75, 3.05) is 36.4 Å². The van der Waals surface area contributed by atoms with Crippen molar-refractivity contribution in [2.45, 2.75) is 18.9 Å². The van der Waals surface area contributed by atoms with Crippen molar-refractivity contribution in [3.05, 3.63) is 48.4 Å². The highest BCUT2D eigenvalue weighted by atomic mass is 16.4. The number of carbonyl (C=O) groups excluding carboxylic acids is 1. The normalized spacial score (nSPS) is 15.3. The molecule has 0 bridgehead atoms. The van der Waals surface area contributed by atoms with Crippen LogP contribution in [0.15, 0.2) is 42.9 Å². The lowest BCUT2D eigenvalue weighted by atomic mass is 10.0. The molecule has 1 fully saturated rings. The van der Waals surface area contributed by atoms with Gasteiger partial charge in [-0.25, -0.2) is 9.97 Å². The lowest BCUT2D eigenvalue weighted by molar-refractivity contribution is -0.143. The first-order valence-electron chi connectivity index (χ1n) is 10.5. The van der Waals surface area contributed by atoms with Crippen molar-refractivity contribution < 1.29 is 24.6 Å². The zero-order chi connectivity index (χ0) is 23.4. The Morgan fingerprint density at radius 1 is 1.06 bits per heavy atom. The Morgan fingerprint density at radius 2 is 1.79 bits per heavy atom. The molecular weight excluding hydrogens is 428 g/mol. The van der Waals surface area contributed by atoms with Gasteiger partial charge in [0.15, 0.2) is 0 Å². The molecule has 1 amide bonds. The second kappa shape index (κ2) is 9.65. The first kappa shape index (κ1) is 22.2. The van der Waals surface area contributed by atoms with E-state index < -0.39 is 23.9 Å². The van der Waals surface area contributed by atoms with Crippen LogP contribution in [0.4, 0.5) is 11.6 Å². The van der Waals surface area contributed by atoms with Crippen LogP contribution >= 0.6 is 0 Å².